The third kappa shape index (κ3) is 6.40. The van der Waals surface area contributed by atoms with Crippen molar-refractivity contribution in [1.29, 1.82) is 0 Å². The van der Waals surface area contributed by atoms with Crippen LogP contribution < -0.4 is 14.8 Å². The summed E-state index contributed by atoms with van der Waals surface area (Å²) in [5.74, 6) is 1.21. The van der Waals surface area contributed by atoms with Crippen LogP contribution in [0.5, 0.6) is 11.5 Å². The minimum absolute atomic E-state index is 0.171. The Morgan fingerprint density at radius 2 is 1.74 bits per heavy atom. The predicted molar refractivity (Wildman–Crippen MR) is 141 cm³/mol. The second-order valence-electron chi connectivity index (χ2n) is 7.27. The molecule has 0 saturated heterocycles. The van der Waals surface area contributed by atoms with Crippen LogP contribution in [0.1, 0.15) is 22.1 Å². The minimum atomic E-state index is -0.546. The van der Waals surface area contributed by atoms with Crippen molar-refractivity contribution >= 4 is 46.9 Å². The zero-order valence-electron chi connectivity index (χ0n) is 19.7. The third-order valence-corrected chi connectivity index (χ3v) is 7.78. The molecule has 0 spiro atoms. The lowest BCUT2D eigenvalue weighted by molar-refractivity contribution is -0.115. The molecule has 5 nitrogen and oxygen atoms in total. The summed E-state index contributed by atoms with van der Waals surface area (Å²) in [4.78, 5) is 19.2. The molecular weight excluding hydrogens is 491 g/mol. The van der Waals surface area contributed by atoms with Gasteiger partial charge in [0.25, 0.3) is 0 Å². The van der Waals surface area contributed by atoms with E-state index in [2.05, 4.69) is 10.3 Å². The number of carbonyl (C=O) groups excluding carboxylic acids is 1. The molecule has 180 valence electrons. The van der Waals surface area contributed by atoms with Gasteiger partial charge in [-0.25, -0.2) is 9.37 Å². The molecule has 3 aromatic rings. The molecule has 34 heavy (non-hydrogen) atoms. The summed E-state index contributed by atoms with van der Waals surface area (Å²) in [5.41, 5.74) is 3.31. The van der Waals surface area contributed by atoms with Crippen molar-refractivity contribution in [3.8, 4) is 11.5 Å². The van der Waals surface area contributed by atoms with Crippen molar-refractivity contribution in [2.75, 3.05) is 32.0 Å². The summed E-state index contributed by atoms with van der Waals surface area (Å²) in [6.45, 7) is 1.94. The Bertz CT molecular complexity index is 1120. The monoisotopic (exact) mass is 518 g/mol. The Hall–Kier alpha value is -2.36. The second kappa shape index (κ2) is 12.4. The van der Waals surface area contributed by atoms with E-state index in [4.69, 9.17) is 9.47 Å². The smallest absolute Gasteiger partial charge is 0.242 e. The predicted octanol–water partition coefficient (Wildman–Crippen LogP) is 6.60. The van der Waals surface area contributed by atoms with Gasteiger partial charge in [-0.1, -0.05) is 18.2 Å². The number of nitrogens with one attached hydrogen (secondary N) is 1. The van der Waals surface area contributed by atoms with E-state index in [0.29, 0.717) is 22.9 Å². The Morgan fingerprint density at radius 1 is 1.03 bits per heavy atom. The number of halogens is 1. The molecule has 1 heterocycles. The highest BCUT2D eigenvalue weighted by atomic mass is 32.2. The molecule has 0 bridgehead atoms. The zero-order valence-corrected chi connectivity index (χ0v) is 22.1. The minimum Gasteiger partial charge on any atom is -0.493 e. The molecule has 1 unspecified atom stereocenters. The fourth-order valence-electron chi connectivity index (χ4n) is 3.33. The van der Waals surface area contributed by atoms with Crippen LogP contribution in [-0.2, 0) is 10.5 Å². The van der Waals surface area contributed by atoms with E-state index in [-0.39, 0.29) is 11.7 Å². The molecule has 0 aliphatic carbocycles. The number of hydrogen-bond donors (Lipinski definition) is 1. The molecule has 2 aromatic carbocycles. The van der Waals surface area contributed by atoms with Gasteiger partial charge in [-0.15, -0.1) is 35.3 Å². The topological polar surface area (TPSA) is 60.5 Å². The molecule has 1 atom stereocenters. The van der Waals surface area contributed by atoms with Gasteiger partial charge in [0.05, 0.1) is 19.9 Å². The molecule has 0 aliphatic rings. The van der Waals surface area contributed by atoms with Gasteiger partial charge in [-0.05, 0) is 60.9 Å². The molecule has 9 heteroatoms. The average molecular weight is 519 g/mol. The summed E-state index contributed by atoms with van der Waals surface area (Å²) in [5, 5.41) is 3.35. The van der Waals surface area contributed by atoms with Gasteiger partial charge in [0.15, 0.2) is 11.5 Å². The highest BCUT2D eigenvalue weighted by molar-refractivity contribution is 8.00. The molecule has 0 radical (unpaired) electrons. The maximum atomic E-state index is 13.7. The Labute approximate surface area is 212 Å². The SMILES string of the molecule is COc1ccc(C(SCc2ccc(F)cc2)C(=O)Nc2c(SC)cc(C)nc2SC)cc1OC. The number of amides is 1. The summed E-state index contributed by atoms with van der Waals surface area (Å²) in [6, 6.07) is 13.8. The Morgan fingerprint density at radius 3 is 2.35 bits per heavy atom. The average Bonchev–Trinajstić information content (AvgIpc) is 2.85. The summed E-state index contributed by atoms with van der Waals surface area (Å²) >= 11 is 4.52. The first-order valence-corrected chi connectivity index (χ1v) is 13.9. The standard InChI is InChI=1S/C25H27FN2O3S3/c1-15-12-21(32-4)22(25(27-15)33-5)28-24(29)23(34-14-16-6-9-18(26)10-7-16)17-8-11-19(30-2)20(13-17)31-3/h6-13,23H,14H2,1-5H3,(H,28,29). The number of aryl methyl sites for hydroxylation is 1. The van der Waals surface area contributed by atoms with Crippen molar-refractivity contribution in [3.05, 3.63) is 71.2 Å². The highest BCUT2D eigenvalue weighted by Gasteiger charge is 2.25. The largest absolute Gasteiger partial charge is 0.493 e. The fourth-order valence-corrected chi connectivity index (χ4v) is 5.73. The van der Waals surface area contributed by atoms with Crippen LogP contribution in [0.3, 0.4) is 0 Å². The third-order valence-electron chi connectivity index (χ3n) is 5.02. The highest BCUT2D eigenvalue weighted by Crippen LogP contribution is 2.39. The lowest BCUT2D eigenvalue weighted by Gasteiger charge is -2.20. The number of hydrogen-bond acceptors (Lipinski definition) is 7. The van der Waals surface area contributed by atoms with E-state index >= 15 is 0 Å². The fraction of sp³-hybridized carbons (Fsp3) is 0.280. The number of thioether (sulfide) groups is 3. The molecule has 1 aromatic heterocycles. The number of benzene rings is 2. The van der Waals surface area contributed by atoms with Crippen molar-refractivity contribution in [1.82, 2.24) is 4.98 Å². The van der Waals surface area contributed by atoms with Crippen molar-refractivity contribution in [2.45, 2.75) is 27.8 Å². The molecular formula is C25H27FN2O3S3. The number of nitrogens with zero attached hydrogens (tertiary/aromatic N) is 1. The van der Waals surface area contributed by atoms with Gasteiger partial charge < -0.3 is 14.8 Å². The number of aromatic nitrogens is 1. The van der Waals surface area contributed by atoms with Crippen LogP contribution in [0.15, 0.2) is 58.5 Å². The molecule has 1 amide bonds. The van der Waals surface area contributed by atoms with Crippen molar-refractivity contribution < 1.29 is 18.7 Å². The lowest BCUT2D eigenvalue weighted by Crippen LogP contribution is -2.20. The maximum Gasteiger partial charge on any atom is 0.242 e. The van der Waals surface area contributed by atoms with Gasteiger partial charge in [0, 0.05) is 16.3 Å². The van der Waals surface area contributed by atoms with Crippen LogP contribution >= 0.6 is 35.3 Å². The van der Waals surface area contributed by atoms with Crippen LogP contribution in [-0.4, -0.2) is 37.6 Å². The van der Waals surface area contributed by atoms with Gasteiger partial charge >= 0.3 is 0 Å². The summed E-state index contributed by atoms with van der Waals surface area (Å²) < 4.78 is 24.2. The molecule has 0 fully saturated rings. The first kappa shape index (κ1) is 26.2. The normalized spacial score (nSPS) is 11.7. The van der Waals surface area contributed by atoms with Crippen molar-refractivity contribution in [2.24, 2.45) is 0 Å². The van der Waals surface area contributed by atoms with E-state index in [1.165, 1.54) is 35.7 Å². The first-order valence-electron chi connectivity index (χ1n) is 10.4. The zero-order chi connectivity index (χ0) is 24.7. The first-order chi connectivity index (χ1) is 16.4. The van der Waals surface area contributed by atoms with E-state index in [1.807, 2.05) is 37.6 Å². The Balaban J connectivity index is 1.96. The number of rotatable bonds is 10. The van der Waals surface area contributed by atoms with E-state index in [9.17, 15) is 9.18 Å². The van der Waals surface area contributed by atoms with E-state index in [1.54, 1.807) is 44.2 Å². The van der Waals surface area contributed by atoms with E-state index < -0.39 is 5.25 Å². The summed E-state index contributed by atoms with van der Waals surface area (Å²) in [6.07, 6.45) is 3.92. The van der Waals surface area contributed by atoms with E-state index in [0.717, 1.165) is 26.7 Å². The molecule has 0 saturated carbocycles. The number of anilines is 1. The summed E-state index contributed by atoms with van der Waals surface area (Å²) in [7, 11) is 3.14. The van der Waals surface area contributed by atoms with Gasteiger partial charge in [-0.2, -0.15) is 0 Å². The van der Waals surface area contributed by atoms with Crippen LogP contribution in [0.2, 0.25) is 0 Å². The van der Waals surface area contributed by atoms with Gasteiger partial charge in [0.1, 0.15) is 16.1 Å². The van der Waals surface area contributed by atoms with Crippen LogP contribution in [0.4, 0.5) is 10.1 Å². The second-order valence-corrected chi connectivity index (χ2v) is 10.0. The quantitative estimate of drug-likeness (QED) is 0.303. The molecule has 1 N–H and O–H groups in total. The lowest BCUT2D eigenvalue weighted by atomic mass is 10.1. The van der Waals surface area contributed by atoms with Crippen LogP contribution in [0, 0.1) is 12.7 Å². The number of ether oxygens (including phenoxy) is 2. The number of methoxy groups -OCH3 is 2. The van der Waals surface area contributed by atoms with Crippen LogP contribution in [0.25, 0.3) is 0 Å². The number of carbonyl (C=O) groups is 1. The molecule has 3 rings (SSSR count). The number of pyridine rings is 1. The van der Waals surface area contributed by atoms with Gasteiger partial charge in [-0.3, -0.25) is 4.79 Å². The van der Waals surface area contributed by atoms with Gasteiger partial charge in [0.2, 0.25) is 5.91 Å². The molecule has 0 aliphatic heterocycles. The maximum absolute atomic E-state index is 13.7. The Kier molecular flexibility index (Phi) is 9.55. The van der Waals surface area contributed by atoms with Crippen molar-refractivity contribution in [3.63, 3.8) is 0 Å².